The lowest BCUT2D eigenvalue weighted by atomic mass is 9.91. The topological polar surface area (TPSA) is 46.6 Å². The van der Waals surface area contributed by atoms with Gasteiger partial charge in [-0.25, -0.2) is 4.79 Å². The predicted molar refractivity (Wildman–Crippen MR) is 146 cm³/mol. The first-order valence-electron chi connectivity index (χ1n) is 12.5. The lowest BCUT2D eigenvalue weighted by Crippen LogP contribution is -2.30. The van der Waals surface area contributed by atoms with E-state index in [4.69, 9.17) is 4.74 Å². The Morgan fingerprint density at radius 1 is 0.833 bits per heavy atom. The minimum Gasteiger partial charge on any atom is -0.457 e. The Morgan fingerprint density at radius 3 is 2.03 bits per heavy atom. The van der Waals surface area contributed by atoms with Crippen molar-refractivity contribution in [2.75, 3.05) is 13.6 Å². The number of rotatable bonds is 10. The van der Waals surface area contributed by atoms with Crippen LogP contribution in [0, 0.1) is 0 Å². The Bertz CT molecular complexity index is 1130. The van der Waals surface area contributed by atoms with E-state index in [0.29, 0.717) is 13.0 Å². The van der Waals surface area contributed by atoms with Gasteiger partial charge in [0.05, 0.1) is 6.42 Å². The second-order valence-electron chi connectivity index (χ2n) is 10.2. The van der Waals surface area contributed by atoms with Gasteiger partial charge in [0, 0.05) is 25.6 Å². The van der Waals surface area contributed by atoms with Crippen LogP contribution in [0.3, 0.4) is 0 Å². The van der Waals surface area contributed by atoms with Crippen LogP contribution in [0.2, 0.25) is 0 Å². The van der Waals surface area contributed by atoms with E-state index in [1.807, 2.05) is 82.4 Å². The summed E-state index contributed by atoms with van der Waals surface area (Å²) in [5.74, 6) is -0.190. The number of hydrogen-bond donors (Lipinski definition) is 0. The van der Waals surface area contributed by atoms with E-state index in [-0.39, 0.29) is 17.8 Å². The molecule has 188 valence electrons. The largest absolute Gasteiger partial charge is 0.457 e. The number of esters is 1. The minimum atomic E-state index is -0.521. The Hall–Kier alpha value is -3.66. The summed E-state index contributed by atoms with van der Waals surface area (Å²) in [5.41, 5.74) is 3.99. The first-order chi connectivity index (χ1) is 17.2. The highest BCUT2D eigenvalue weighted by molar-refractivity contribution is 5.82. The highest BCUT2D eigenvalue weighted by atomic mass is 16.6. The molecule has 0 saturated heterocycles. The Kier molecular flexibility index (Phi) is 9.63. The second-order valence-corrected chi connectivity index (χ2v) is 10.2. The maximum absolute atomic E-state index is 12.7. The van der Waals surface area contributed by atoms with Crippen molar-refractivity contribution >= 4 is 11.9 Å². The van der Waals surface area contributed by atoms with Crippen molar-refractivity contribution in [3.05, 3.63) is 119 Å². The van der Waals surface area contributed by atoms with Gasteiger partial charge in [0.15, 0.2) is 0 Å². The van der Waals surface area contributed by atoms with Crippen LogP contribution < -0.4 is 0 Å². The zero-order valence-electron chi connectivity index (χ0n) is 21.8. The number of nitrogens with zero attached hydrogens (tertiary/aromatic N) is 1. The molecule has 0 N–H and O–H groups in total. The molecule has 0 radical (unpaired) electrons. The van der Waals surface area contributed by atoms with Gasteiger partial charge in [-0.1, -0.05) is 91.0 Å². The van der Waals surface area contributed by atoms with Crippen molar-refractivity contribution in [1.29, 1.82) is 0 Å². The molecule has 3 aromatic rings. The summed E-state index contributed by atoms with van der Waals surface area (Å²) >= 11 is 0. The number of amides is 1. The second kappa shape index (κ2) is 12.9. The van der Waals surface area contributed by atoms with Gasteiger partial charge in [-0.15, -0.1) is 0 Å². The maximum atomic E-state index is 12.7. The van der Waals surface area contributed by atoms with E-state index >= 15 is 0 Å². The third-order valence-electron chi connectivity index (χ3n) is 5.94. The van der Waals surface area contributed by atoms with Crippen LogP contribution in [-0.2, 0) is 33.6 Å². The quantitative estimate of drug-likeness (QED) is 0.256. The maximum Gasteiger partial charge on any atom is 0.330 e. The summed E-state index contributed by atoms with van der Waals surface area (Å²) in [6.07, 6.45) is 5.42. The van der Waals surface area contributed by atoms with Crippen LogP contribution in [0.1, 0.15) is 48.9 Å². The van der Waals surface area contributed by atoms with E-state index in [2.05, 4.69) is 36.4 Å². The van der Waals surface area contributed by atoms with Crippen molar-refractivity contribution in [3.8, 4) is 0 Å². The zero-order valence-corrected chi connectivity index (χ0v) is 21.8. The van der Waals surface area contributed by atoms with Gasteiger partial charge >= 0.3 is 5.97 Å². The molecule has 0 aliphatic rings. The molecule has 0 fully saturated rings. The van der Waals surface area contributed by atoms with E-state index in [9.17, 15) is 9.59 Å². The lowest BCUT2D eigenvalue weighted by molar-refractivity contribution is -0.148. The van der Waals surface area contributed by atoms with Crippen molar-refractivity contribution in [1.82, 2.24) is 4.90 Å². The fraction of sp³-hybridized carbons (Fsp3) is 0.312. The Labute approximate surface area is 215 Å². The fourth-order valence-electron chi connectivity index (χ4n) is 3.95. The van der Waals surface area contributed by atoms with Gasteiger partial charge in [0.1, 0.15) is 5.60 Å². The third kappa shape index (κ3) is 9.18. The zero-order chi connectivity index (χ0) is 26.0. The summed E-state index contributed by atoms with van der Waals surface area (Å²) < 4.78 is 5.43. The summed E-state index contributed by atoms with van der Waals surface area (Å²) in [6.45, 7) is 6.28. The van der Waals surface area contributed by atoms with Crippen LogP contribution in [0.25, 0.3) is 0 Å². The monoisotopic (exact) mass is 483 g/mol. The normalized spacial score (nSPS) is 12.3. The molecule has 0 aliphatic heterocycles. The highest BCUT2D eigenvalue weighted by Crippen LogP contribution is 2.23. The molecule has 36 heavy (non-hydrogen) atoms. The van der Waals surface area contributed by atoms with E-state index in [1.165, 1.54) is 11.6 Å². The van der Waals surface area contributed by atoms with Gasteiger partial charge in [-0.05, 0) is 55.9 Å². The molecule has 1 atom stereocenters. The van der Waals surface area contributed by atoms with Gasteiger partial charge in [-0.3, -0.25) is 4.79 Å². The fourth-order valence-corrected chi connectivity index (χ4v) is 3.95. The van der Waals surface area contributed by atoms with E-state index in [0.717, 1.165) is 29.5 Å². The number of allylic oxidation sites excluding steroid dienone is 1. The molecule has 0 aromatic heterocycles. The molecular weight excluding hydrogens is 446 g/mol. The standard InChI is InChI=1S/C32H37NO3/c1-32(2,3)36-31(35)20-19-29(28-13-9-6-10-14-28)23-26-15-17-27(18-16-26)24-30(34)33(4)22-21-25-11-7-5-8-12-25/h5-20,29H,21-24H2,1-4H3. The smallest absolute Gasteiger partial charge is 0.330 e. The number of hydrogen-bond acceptors (Lipinski definition) is 3. The van der Waals surface area contributed by atoms with Crippen LogP contribution in [0.4, 0.5) is 0 Å². The molecule has 1 unspecified atom stereocenters. The predicted octanol–water partition coefficient (Wildman–Crippen LogP) is 6.15. The molecule has 0 heterocycles. The lowest BCUT2D eigenvalue weighted by Gasteiger charge is -2.19. The molecule has 0 aliphatic carbocycles. The first-order valence-corrected chi connectivity index (χ1v) is 12.5. The van der Waals surface area contributed by atoms with Crippen LogP contribution in [0.5, 0.6) is 0 Å². The summed E-state index contributed by atoms with van der Waals surface area (Å²) in [4.78, 5) is 26.7. The average molecular weight is 484 g/mol. The van der Waals surface area contributed by atoms with Gasteiger partial charge in [-0.2, -0.15) is 0 Å². The molecule has 4 nitrogen and oxygen atoms in total. The van der Waals surface area contributed by atoms with Crippen molar-refractivity contribution in [2.24, 2.45) is 0 Å². The molecule has 0 saturated carbocycles. The molecule has 3 rings (SSSR count). The molecule has 0 spiro atoms. The van der Waals surface area contributed by atoms with Crippen molar-refractivity contribution in [2.45, 2.75) is 51.6 Å². The molecule has 4 heteroatoms. The highest BCUT2D eigenvalue weighted by Gasteiger charge is 2.16. The van der Waals surface area contributed by atoms with Crippen LogP contribution in [-0.4, -0.2) is 36.0 Å². The first kappa shape index (κ1) is 26.9. The molecule has 0 bridgehead atoms. The molecule has 1 amide bonds. The SMILES string of the molecule is CN(CCc1ccccc1)C(=O)Cc1ccc(CC(C=CC(=O)OC(C)(C)C)c2ccccc2)cc1. The Morgan fingerprint density at radius 2 is 1.42 bits per heavy atom. The van der Waals surface area contributed by atoms with E-state index in [1.54, 1.807) is 4.90 Å². The number of ether oxygens (including phenoxy) is 1. The summed E-state index contributed by atoms with van der Waals surface area (Å²) in [7, 11) is 1.86. The van der Waals surface area contributed by atoms with Gasteiger partial charge in [0.25, 0.3) is 0 Å². The average Bonchev–Trinajstić information content (AvgIpc) is 2.86. The van der Waals surface area contributed by atoms with Crippen molar-refractivity contribution in [3.63, 3.8) is 0 Å². The Balaban J connectivity index is 1.60. The molecule has 3 aromatic carbocycles. The number of carbonyl (C=O) groups is 2. The number of benzene rings is 3. The third-order valence-corrected chi connectivity index (χ3v) is 5.94. The van der Waals surface area contributed by atoms with Crippen molar-refractivity contribution < 1.29 is 14.3 Å². The van der Waals surface area contributed by atoms with Crippen LogP contribution >= 0.6 is 0 Å². The van der Waals surface area contributed by atoms with E-state index < -0.39 is 5.60 Å². The number of carbonyl (C=O) groups excluding carboxylic acids is 2. The summed E-state index contributed by atoms with van der Waals surface area (Å²) in [5, 5.41) is 0. The van der Waals surface area contributed by atoms with Crippen LogP contribution in [0.15, 0.2) is 97.1 Å². The van der Waals surface area contributed by atoms with Gasteiger partial charge < -0.3 is 9.64 Å². The summed E-state index contributed by atoms with van der Waals surface area (Å²) in [6, 6.07) is 28.6. The minimum absolute atomic E-state index is 0.0373. The van der Waals surface area contributed by atoms with Gasteiger partial charge in [0.2, 0.25) is 5.91 Å². The number of likely N-dealkylation sites (N-methyl/N-ethyl adjacent to an activating group) is 1. The molecular formula is C32H37NO3.